The molecule has 0 aromatic heterocycles. The van der Waals surface area contributed by atoms with Crippen molar-refractivity contribution in [1.29, 1.82) is 0 Å². The van der Waals surface area contributed by atoms with Crippen LogP contribution in [-0.4, -0.2) is 53.1 Å². The van der Waals surface area contributed by atoms with E-state index >= 15 is 0 Å². The number of hydrogen-bond donors (Lipinski definition) is 1. The van der Waals surface area contributed by atoms with E-state index in [1.165, 1.54) is 12.1 Å². The normalized spacial score (nSPS) is 19.0. The molecule has 1 heterocycles. The smallest absolute Gasteiger partial charge is 0.416 e. The van der Waals surface area contributed by atoms with Gasteiger partial charge in [0.25, 0.3) is 0 Å². The molecule has 1 N–H and O–H groups in total. The van der Waals surface area contributed by atoms with Crippen LogP contribution in [0.3, 0.4) is 0 Å². The zero-order valence-corrected chi connectivity index (χ0v) is 13.7. The highest BCUT2D eigenvalue weighted by Gasteiger charge is 2.30. The van der Waals surface area contributed by atoms with E-state index in [4.69, 9.17) is 0 Å². The van der Waals surface area contributed by atoms with E-state index in [1.807, 2.05) is 11.8 Å². The molecule has 4 nitrogen and oxygen atoms in total. The maximum absolute atomic E-state index is 12.6. The predicted octanol–water partition coefficient (Wildman–Crippen LogP) is 3.08. The van der Waals surface area contributed by atoms with E-state index in [-0.39, 0.29) is 0 Å². The highest BCUT2D eigenvalue weighted by Crippen LogP contribution is 2.29. The summed E-state index contributed by atoms with van der Waals surface area (Å²) in [7, 11) is 0. The summed E-state index contributed by atoms with van der Waals surface area (Å²) in [6.07, 6.45) is -2.90. The first-order chi connectivity index (χ1) is 11.3. The zero-order chi connectivity index (χ0) is 17.7. The predicted molar refractivity (Wildman–Crippen MR) is 84.6 cm³/mol. The van der Waals surface area contributed by atoms with Crippen molar-refractivity contribution in [3.8, 4) is 0 Å². The summed E-state index contributed by atoms with van der Waals surface area (Å²) in [5.41, 5.74) is 0.197. The Hall–Kier alpha value is -1.60. The van der Waals surface area contributed by atoms with Gasteiger partial charge in [-0.2, -0.15) is 13.2 Å². The third kappa shape index (κ3) is 4.95. The molecular weight excluding hydrogens is 321 g/mol. The molecule has 0 spiro atoms. The van der Waals surface area contributed by atoms with Gasteiger partial charge in [0.2, 0.25) is 0 Å². The minimum absolute atomic E-state index is 0.462. The summed E-state index contributed by atoms with van der Waals surface area (Å²) in [6, 6.07) is 4.78. The molecule has 0 radical (unpaired) electrons. The summed E-state index contributed by atoms with van der Waals surface area (Å²) in [5.74, 6) is -0.798. The van der Waals surface area contributed by atoms with E-state index in [2.05, 4.69) is 4.90 Å². The van der Waals surface area contributed by atoms with Crippen LogP contribution in [0.4, 0.5) is 13.2 Å². The second-order valence-electron chi connectivity index (χ2n) is 6.12. The fourth-order valence-corrected chi connectivity index (χ4v) is 3.11. The number of hydrogen-bond acceptors (Lipinski definition) is 3. The van der Waals surface area contributed by atoms with Crippen LogP contribution in [-0.2, 0) is 17.5 Å². The monoisotopic (exact) mass is 344 g/mol. The molecule has 0 bridgehead atoms. The van der Waals surface area contributed by atoms with Gasteiger partial charge >= 0.3 is 12.1 Å². The van der Waals surface area contributed by atoms with Crippen molar-refractivity contribution in [1.82, 2.24) is 9.80 Å². The molecule has 1 fully saturated rings. The number of nitrogens with zero attached hydrogens (tertiary/aromatic N) is 2. The van der Waals surface area contributed by atoms with Crippen molar-refractivity contribution >= 4 is 5.97 Å². The number of benzene rings is 1. The van der Waals surface area contributed by atoms with E-state index in [9.17, 15) is 23.1 Å². The van der Waals surface area contributed by atoms with Crippen LogP contribution < -0.4 is 0 Å². The van der Waals surface area contributed by atoms with Crippen molar-refractivity contribution in [3.63, 3.8) is 0 Å². The lowest BCUT2D eigenvalue weighted by Gasteiger charge is -2.26. The van der Waals surface area contributed by atoms with Gasteiger partial charge in [-0.05, 0) is 37.1 Å². The molecule has 1 aliphatic heterocycles. The molecule has 1 aromatic rings. The first-order valence-corrected chi connectivity index (χ1v) is 8.16. The van der Waals surface area contributed by atoms with Crippen LogP contribution in [0.15, 0.2) is 24.3 Å². The van der Waals surface area contributed by atoms with Crippen LogP contribution in [0.25, 0.3) is 0 Å². The Labute approximate surface area is 139 Å². The maximum atomic E-state index is 12.6. The number of rotatable bonds is 5. The summed E-state index contributed by atoms with van der Waals surface area (Å²) >= 11 is 0. The van der Waals surface area contributed by atoms with Gasteiger partial charge in [0.1, 0.15) is 6.04 Å². The average Bonchev–Trinajstić information content (AvgIpc) is 2.73. The number of aliphatic carboxylic acids is 1. The molecule has 1 atom stereocenters. The molecule has 24 heavy (non-hydrogen) atoms. The fraction of sp³-hybridized carbons (Fsp3) is 0.588. The second kappa shape index (κ2) is 7.98. The Morgan fingerprint density at radius 3 is 2.38 bits per heavy atom. The molecular formula is C17H23F3N2O2. The van der Waals surface area contributed by atoms with Crippen LogP contribution in [0.5, 0.6) is 0 Å². The maximum Gasteiger partial charge on any atom is 0.416 e. The van der Waals surface area contributed by atoms with Gasteiger partial charge in [-0.3, -0.25) is 14.6 Å². The summed E-state index contributed by atoms with van der Waals surface area (Å²) < 4.78 is 37.8. The SMILES string of the molecule is CC[C@H](C(=O)O)N1CCCN(Cc2ccc(C(F)(F)F)cc2)CC1. The minimum atomic E-state index is -4.31. The number of carboxylic acids is 1. The average molecular weight is 344 g/mol. The number of halogens is 3. The molecule has 1 saturated heterocycles. The van der Waals surface area contributed by atoms with Gasteiger partial charge in [0.05, 0.1) is 5.56 Å². The van der Waals surface area contributed by atoms with E-state index < -0.39 is 23.8 Å². The van der Waals surface area contributed by atoms with Gasteiger partial charge in [-0.15, -0.1) is 0 Å². The van der Waals surface area contributed by atoms with Crippen LogP contribution in [0, 0.1) is 0 Å². The van der Waals surface area contributed by atoms with Gasteiger partial charge in [0, 0.05) is 26.2 Å². The quantitative estimate of drug-likeness (QED) is 0.892. The molecule has 1 aromatic carbocycles. The lowest BCUT2D eigenvalue weighted by atomic mass is 10.1. The number of carbonyl (C=O) groups is 1. The van der Waals surface area contributed by atoms with Crippen molar-refractivity contribution in [2.75, 3.05) is 26.2 Å². The lowest BCUT2D eigenvalue weighted by molar-refractivity contribution is -0.143. The minimum Gasteiger partial charge on any atom is -0.480 e. The first kappa shape index (κ1) is 18.7. The van der Waals surface area contributed by atoms with E-state index in [1.54, 1.807) is 0 Å². The van der Waals surface area contributed by atoms with Gasteiger partial charge in [0.15, 0.2) is 0 Å². The molecule has 0 unspecified atom stereocenters. The summed E-state index contributed by atoms with van der Waals surface area (Å²) in [6.45, 7) is 5.36. The van der Waals surface area contributed by atoms with E-state index in [0.717, 1.165) is 37.2 Å². The Morgan fingerprint density at radius 2 is 1.83 bits per heavy atom. The summed E-state index contributed by atoms with van der Waals surface area (Å²) in [5, 5.41) is 9.26. The highest BCUT2D eigenvalue weighted by atomic mass is 19.4. The zero-order valence-electron chi connectivity index (χ0n) is 13.7. The third-order valence-corrected chi connectivity index (χ3v) is 4.42. The van der Waals surface area contributed by atoms with Crippen LogP contribution >= 0.6 is 0 Å². The van der Waals surface area contributed by atoms with Crippen molar-refractivity contribution in [3.05, 3.63) is 35.4 Å². The largest absolute Gasteiger partial charge is 0.480 e. The number of alkyl halides is 3. The second-order valence-corrected chi connectivity index (χ2v) is 6.12. The molecule has 0 amide bonds. The Balaban J connectivity index is 1.93. The van der Waals surface area contributed by atoms with Gasteiger partial charge in [-0.25, -0.2) is 0 Å². The van der Waals surface area contributed by atoms with Gasteiger partial charge < -0.3 is 5.11 Å². The first-order valence-electron chi connectivity index (χ1n) is 8.16. The molecule has 0 aliphatic carbocycles. The molecule has 0 saturated carbocycles. The number of carboxylic acid groups (broad SMARTS) is 1. The van der Waals surface area contributed by atoms with E-state index in [0.29, 0.717) is 26.1 Å². The van der Waals surface area contributed by atoms with Gasteiger partial charge in [-0.1, -0.05) is 19.1 Å². The van der Waals surface area contributed by atoms with Crippen LogP contribution in [0.2, 0.25) is 0 Å². The highest BCUT2D eigenvalue weighted by molar-refractivity contribution is 5.73. The van der Waals surface area contributed by atoms with Crippen LogP contribution in [0.1, 0.15) is 30.9 Å². The molecule has 7 heteroatoms. The van der Waals surface area contributed by atoms with Crippen molar-refractivity contribution < 1.29 is 23.1 Å². The summed E-state index contributed by atoms with van der Waals surface area (Å²) in [4.78, 5) is 15.4. The standard InChI is InChI=1S/C17H23F3N2O2/c1-2-15(16(23)24)22-9-3-8-21(10-11-22)12-13-4-6-14(7-5-13)17(18,19)20/h4-7,15H,2-3,8-12H2,1H3,(H,23,24)/t15-/m1/s1. The molecule has 2 rings (SSSR count). The van der Waals surface area contributed by atoms with Crippen molar-refractivity contribution in [2.24, 2.45) is 0 Å². The lowest BCUT2D eigenvalue weighted by Crippen LogP contribution is -2.42. The Bertz CT molecular complexity index is 546. The third-order valence-electron chi connectivity index (χ3n) is 4.42. The molecule has 134 valence electrons. The Morgan fingerprint density at radius 1 is 1.17 bits per heavy atom. The Kier molecular flexibility index (Phi) is 6.23. The molecule has 1 aliphatic rings. The topological polar surface area (TPSA) is 43.8 Å². The van der Waals surface area contributed by atoms with Crippen molar-refractivity contribution in [2.45, 2.75) is 38.5 Å². The fourth-order valence-electron chi connectivity index (χ4n) is 3.11.